The van der Waals surface area contributed by atoms with Gasteiger partial charge in [-0.05, 0) is 61.5 Å². The highest BCUT2D eigenvalue weighted by Crippen LogP contribution is 2.31. The summed E-state index contributed by atoms with van der Waals surface area (Å²) in [5, 5.41) is 3.05. The second-order valence-corrected chi connectivity index (χ2v) is 9.03. The number of ether oxygens (including phenoxy) is 2. The van der Waals surface area contributed by atoms with E-state index < -0.39 is 10.0 Å². The Hall–Kier alpha value is -3.52. The molecule has 0 spiro atoms. The van der Waals surface area contributed by atoms with E-state index in [2.05, 4.69) is 5.32 Å². The summed E-state index contributed by atoms with van der Waals surface area (Å²) in [6, 6.07) is 20.5. The van der Waals surface area contributed by atoms with Gasteiger partial charge in [-0.2, -0.15) is 0 Å². The third-order valence-corrected chi connectivity index (χ3v) is 7.01. The Morgan fingerprint density at radius 1 is 0.938 bits per heavy atom. The number of rotatable bonds is 8. The minimum Gasteiger partial charge on any atom is -0.486 e. The van der Waals surface area contributed by atoms with Crippen LogP contribution in [0.15, 0.2) is 77.7 Å². The van der Waals surface area contributed by atoms with Crippen LogP contribution >= 0.6 is 0 Å². The second-order valence-electron chi connectivity index (χ2n) is 7.16. The van der Waals surface area contributed by atoms with Gasteiger partial charge in [0.05, 0.1) is 17.1 Å². The molecule has 4 rings (SSSR count). The largest absolute Gasteiger partial charge is 0.486 e. The lowest BCUT2D eigenvalue weighted by Gasteiger charge is -2.23. The Morgan fingerprint density at radius 2 is 1.62 bits per heavy atom. The van der Waals surface area contributed by atoms with E-state index in [1.54, 1.807) is 61.5 Å². The maximum Gasteiger partial charge on any atom is 0.264 e. The average Bonchev–Trinajstić information content (AvgIpc) is 2.83. The van der Waals surface area contributed by atoms with Crippen LogP contribution < -0.4 is 19.1 Å². The minimum absolute atomic E-state index is 0.0663. The van der Waals surface area contributed by atoms with Crippen LogP contribution in [0.1, 0.15) is 17.3 Å². The van der Waals surface area contributed by atoms with Crippen molar-refractivity contribution in [2.24, 2.45) is 0 Å². The molecular weight excluding hydrogens is 428 g/mol. The maximum absolute atomic E-state index is 13.1. The SMILES string of the molecule is CCN(c1ccccc1)S(=O)(=O)c1ccc(NCC(=O)c2ccc3c(c2)OCCO3)cc1. The quantitative estimate of drug-likeness (QED) is 0.521. The Bertz CT molecular complexity index is 1190. The van der Waals surface area contributed by atoms with Crippen LogP contribution in [0.2, 0.25) is 0 Å². The highest BCUT2D eigenvalue weighted by Gasteiger charge is 2.23. The van der Waals surface area contributed by atoms with Gasteiger partial charge in [-0.15, -0.1) is 0 Å². The molecule has 0 aromatic heterocycles. The van der Waals surface area contributed by atoms with Gasteiger partial charge in [0.25, 0.3) is 10.0 Å². The van der Waals surface area contributed by atoms with Crippen LogP contribution in [-0.2, 0) is 10.0 Å². The number of fused-ring (bicyclic) bond motifs is 1. The second kappa shape index (κ2) is 9.32. The molecule has 3 aromatic carbocycles. The fraction of sp³-hybridized carbons (Fsp3) is 0.208. The van der Waals surface area contributed by atoms with Gasteiger partial charge in [0.2, 0.25) is 0 Å². The van der Waals surface area contributed by atoms with Crippen molar-refractivity contribution in [1.82, 2.24) is 0 Å². The van der Waals surface area contributed by atoms with E-state index in [-0.39, 0.29) is 17.2 Å². The molecule has 3 aromatic rings. The Morgan fingerprint density at radius 3 is 2.31 bits per heavy atom. The van der Waals surface area contributed by atoms with Crippen molar-refractivity contribution in [1.29, 1.82) is 0 Å². The number of carbonyl (C=O) groups is 1. The first-order valence-electron chi connectivity index (χ1n) is 10.3. The molecule has 0 radical (unpaired) electrons. The van der Waals surface area contributed by atoms with Gasteiger partial charge in [-0.1, -0.05) is 18.2 Å². The lowest BCUT2D eigenvalue weighted by molar-refractivity contribution is 0.100. The smallest absolute Gasteiger partial charge is 0.264 e. The average molecular weight is 453 g/mol. The third kappa shape index (κ3) is 4.55. The molecule has 0 atom stereocenters. The molecule has 0 fully saturated rings. The van der Waals surface area contributed by atoms with Crippen LogP contribution in [0.25, 0.3) is 0 Å². The first-order valence-corrected chi connectivity index (χ1v) is 11.8. The van der Waals surface area contributed by atoms with Crippen LogP contribution in [0.3, 0.4) is 0 Å². The van der Waals surface area contributed by atoms with Crippen LogP contribution in [0, 0.1) is 0 Å². The molecule has 1 aliphatic heterocycles. The van der Waals surface area contributed by atoms with E-state index in [9.17, 15) is 13.2 Å². The van der Waals surface area contributed by atoms with Crippen molar-refractivity contribution in [3.8, 4) is 11.5 Å². The molecule has 0 saturated carbocycles. The normalized spacial score (nSPS) is 12.8. The molecule has 0 bridgehead atoms. The zero-order valence-electron chi connectivity index (χ0n) is 17.7. The Labute approximate surface area is 187 Å². The number of anilines is 2. The lowest BCUT2D eigenvalue weighted by Crippen LogP contribution is -2.30. The number of Topliss-reactive ketones (excluding diaryl/α,β-unsaturated/α-hetero) is 1. The zero-order valence-corrected chi connectivity index (χ0v) is 18.5. The topological polar surface area (TPSA) is 84.9 Å². The number of hydrogen-bond donors (Lipinski definition) is 1. The summed E-state index contributed by atoms with van der Waals surface area (Å²) in [4.78, 5) is 12.7. The number of hydrogen-bond acceptors (Lipinski definition) is 6. The summed E-state index contributed by atoms with van der Waals surface area (Å²) in [5.74, 6) is 1.09. The molecule has 7 nitrogen and oxygen atoms in total. The van der Waals surface area contributed by atoms with E-state index in [0.29, 0.717) is 48.2 Å². The standard InChI is InChI=1S/C24H24N2O5S/c1-2-26(20-6-4-3-5-7-20)32(28,29)21-11-9-19(10-12-21)25-17-22(27)18-8-13-23-24(16-18)31-15-14-30-23/h3-13,16,25H,2,14-15,17H2,1H3. The Balaban J connectivity index is 1.43. The number of para-hydroxylation sites is 1. The van der Waals surface area contributed by atoms with Gasteiger partial charge in [0.1, 0.15) is 13.2 Å². The van der Waals surface area contributed by atoms with E-state index in [1.807, 2.05) is 6.07 Å². The van der Waals surface area contributed by atoms with Gasteiger partial charge in [-0.25, -0.2) is 8.42 Å². The predicted octanol–water partition coefficient (Wildman–Crippen LogP) is 3.97. The van der Waals surface area contributed by atoms with Crippen molar-refractivity contribution in [3.05, 3.63) is 78.4 Å². The molecule has 0 aliphatic carbocycles. The zero-order chi connectivity index (χ0) is 22.6. The number of ketones is 1. The molecular formula is C24H24N2O5S. The molecule has 32 heavy (non-hydrogen) atoms. The first-order chi connectivity index (χ1) is 15.5. The molecule has 1 heterocycles. The number of carbonyl (C=O) groups excluding carboxylic acids is 1. The fourth-order valence-corrected chi connectivity index (χ4v) is 4.93. The van der Waals surface area contributed by atoms with Crippen LogP contribution in [-0.4, -0.2) is 40.5 Å². The van der Waals surface area contributed by atoms with E-state index in [4.69, 9.17) is 9.47 Å². The molecule has 166 valence electrons. The molecule has 0 unspecified atom stereocenters. The lowest BCUT2D eigenvalue weighted by atomic mass is 10.1. The van der Waals surface area contributed by atoms with Crippen LogP contribution in [0.5, 0.6) is 11.5 Å². The summed E-state index contributed by atoms with van der Waals surface area (Å²) in [7, 11) is -3.69. The molecule has 8 heteroatoms. The van der Waals surface area contributed by atoms with Crippen molar-refractivity contribution in [3.63, 3.8) is 0 Å². The number of nitrogens with one attached hydrogen (secondary N) is 1. The van der Waals surface area contributed by atoms with Crippen molar-refractivity contribution >= 4 is 27.2 Å². The van der Waals surface area contributed by atoms with E-state index in [1.165, 1.54) is 16.4 Å². The summed E-state index contributed by atoms with van der Waals surface area (Å²) in [5.41, 5.74) is 1.78. The van der Waals surface area contributed by atoms with E-state index in [0.717, 1.165) is 0 Å². The molecule has 0 saturated heterocycles. The van der Waals surface area contributed by atoms with Gasteiger partial charge in [0.15, 0.2) is 17.3 Å². The number of sulfonamides is 1. The fourth-order valence-electron chi connectivity index (χ4n) is 3.46. The predicted molar refractivity (Wildman–Crippen MR) is 123 cm³/mol. The van der Waals surface area contributed by atoms with Gasteiger partial charge in [0, 0.05) is 17.8 Å². The molecule has 0 amide bonds. The van der Waals surface area contributed by atoms with Crippen molar-refractivity contribution < 1.29 is 22.7 Å². The molecule has 1 aliphatic rings. The Kier molecular flexibility index (Phi) is 6.32. The highest BCUT2D eigenvalue weighted by molar-refractivity contribution is 7.92. The summed E-state index contributed by atoms with van der Waals surface area (Å²) < 4.78 is 38.5. The first kappa shape index (κ1) is 21.7. The third-order valence-electron chi connectivity index (χ3n) is 5.09. The minimum atomic E-state index is -3.69. The number of nitrogens with zero attached hydrogens (tertiary/aromatic N) is 1. The van der Waals surface area contributed by atoms with Crippen LogP contribution in [0.4, 0.5) is 11.4 Å². The van der Waals surface area contributed by atoms with E-state index >= 15 is 0 Å². The van der Waals surface area contributed by atoms with Gasteiger partial charge in [-0.3, -0.25) is 9.10 Å². The summed E-state index contributed by atoms with van der Waals surface area (Å²) >= 11 is 0. The van der Waals surface area contributed by atoms with Crippen molar-refractivity contribution in [2.45, 2.75) is 11.8 Å². The van der Waals surface area contributed by atoms with Gasteiger partial charge >= 0.3 is 0 Å². The maximum atomic E-state index is 13.1. The van der Waals surface area contributed by atoms with Gasteiger partial charge < -0.3 is 14.8 Å². The molecule has 1 N–H and O–H groups in total. The summed E-state index contributed by atoms with van der Waals surface area (Å²) in [6.07, 6.45) is 0. The van der Waals surface area contributed by atoms with Crippen molar-refractivity contribution in [2.75, 3.05) is 35.9 Å². The summed E-state index contributed by atoms with van der Waals surface area (Å²) in [6.45, 7) is 3.13. The number of benzene rings is 3. The monoisotopic (exact) mass is 452 g/mol. The highest BCUT2D eigenvalue weighted by atomic mass is 32.2.